The lowest BCUT2D eigenvalue weighted by Gasteiger charge is -2.18. The van der Waals surface area contributed by atoms with E-state index in [1.54, 1.807) is 6.08 Å². The first kappa shape index (κ1) is 17.3. The van der Waals surface area contributed by atoms with Crippen molar-refractivity contribution >= 4 is 43.6 Å². The number of hydrogen-bond acceptors (Lipinski definition) is 7. The highest BCUT2D eigenvalue weighted by atomic mass is 32.2. The van der Waals surface area contributed by atoms with Crippen molar-refractivity contribution in [1.82, 2.24) is 10.3 Å². The smallest absolute Gasteiger partial charge is 0.189 e. The molecule has 2 aliphatic heterocycles. The van der Waals surface area contributed by atoms with Gasteiger partial charge in [0.1, 0.15) is 13.2 Å². The van der Waals surface area contributed by atoms with E-state index in [2.05, 4.69) is 15.6 Å². The maximum Gasteiger partial charge on any atom is 0.189 e. The van der Waals surface area contributed by atoms with Gasteiger partial charge in [-0.25, -0.2) is 13.4 Å². The highest BCUT2D eigenvalue weighted by molar-refractivity contribution is 7.94. The molecule has 2 aromatic rings. The zero-order valence-corrected chi connectivity index (χ0v) is 15.9. The van der Waals surface area contributed by atoms with Crippen LogP contribution < -0.4 is 20.1 Å². The normalized spacial score (nSPS) is 19.9. The summed E-state index contributed by atoms with van der Waals surface area (Å²) in [4.78, 5) is 4.52. The zero-order valence-electron chi connectivity index (χ0n) is 13.5. The minimum Gasteiger partial charge on any atom is -0.486 e. The number of aromatic nitrogens is 1. The number of hydrogen-bond donors (Lipinski definition) is 2. The number of rotatable bonds is 3. The second-order valence-corrected chi connectivity index (χ2v) is 8.96. The summed E-state index contributed by atoms with van der Waals surface area (Å²) in [6.45, 7) is 1.09. The van der Waals surface area contributed by atoms with Gasteiger partial charge in [0, 0.05) is 16.4 Å². The second-order valence-electron chi connectivity index (χ2n) is 5.76. The molecule has 0 saturated carbocycles. The molecule has 0 unspecified atom stereocenters. The van der Waals surface area contributed by atoms with Gasteiger partial charge in [-0.2, -0.15) is 0 Å². The van der Waals surface area contributed by atoms with Gasteiger partial charge in [-0.3, -0.25) is 0 Å². The van der Waals surface area contributed by atoms with E-state index in [4.69, 9.17) is 21.7 Å². The first-order chi connectivity index (χ1) is 12.5. The minimum absolute atomic E-state index is 0.00906. The number of thiazole rings is 1. The Morgan fingerprint density at radius 1 is 1.27 bits per heavy atom. The third-order valence-corrected chi connectivity index (χ3v) is 6.18. The van der Waals surface area contributed by atoms with Crippen molar-refractivity contribution in [3.05, 3.63) is 35.1 Å². The molecule has 0 aliphatic carbocycles. The number of sulfone groups is 1. The summed E-state index contributed by atoms with van der Waals surface area (Å²) < 4.78 is 34.0. The molecular weight excluding hydrogens is 394 g/mol. The van der Waals surface area contributed by atoms with Crippen LogP contribution in [0.5, 0.6) is 11.5 Å². The topological polar surface area (TPSA) is 89.6 Å². The van der Waals surface area contributed by atoms with Gasteiger partial charge >= 0.3 is 0 Å². The van der Waals surface area contributed by atoms with E-state index in [0.29, 0.717) is 29.2 Å². The van der Waals surface area contributed by atoms with E-state index >= 15 is 0 Å². The van der Waals surface area contributed by atoms with Gasteiger partial charge < -0.3 is 20.1 Å². The summed E-state index contributed by atoms with van der Waals surface area (Å²) in [5.74, 6) is 1.45. The Morgan fingerprint density at radius 2 is 2.08 bits per heavy atom. The van der Waals surface area contributed by atoms with Crippen LogP contribution in [0.15, 0.2) is 35.1 Å². The minimum atomic E-state index is -3.12. The van der Waals surface area contributed by atoms with Crippen molar-refractivity contribution in [2.75, 3.05) is 24.3 Å². The quantitative estimate of drug-likeness (QED) is 0.746. The van der Waals surface area contributed by atoms with E-state index in [0.717, 1.165) is 17.0 Å². The molecule has 10 heteroatoms. The summed E-state index contributed by atoms with van der Waals surface area (Å²) >= 11 is 6.64. The van der Waals surface area contributed by atoms with Crippen molar-refractivity contribution in [3.63, 3.8) is 0 Å². The lowest BCUT2D eigenvalue weighted by atomic mass is 10.1. The number of benzene rings is 1. The molecule has 0 bridgehead atoms. The van der Waals surface area contributed by atoms with Crippen LogP contribution in [0.2, 0.25) is 0 Å². The molecule has 0 radical (unpaired) electrons. The predicted molar refractivity (Wildman–Crippen MR) is 105 cm³/mol. The van der Waals surface area contributed by atoms with Gasteiger partial charge in [0.15, 0.2) is 31.6 Å². The average Bonchev–Trinajstić information content (AvgIpc) is 3.20. The van der Waals surface area contributed by atoms with Crippen LogP contribution in [0.25, 0.3) is 11.3 Å². The highest BCUT2D eigenvalue weighted by Gasteiger charge is 2.22. The fourth-order valence-electron chi connectivity index (χ4n) is 2.63. The van der Waals surface area contributed by atoms with Crippen LogP contribution in [0.1, 0.15) is 0 Å². The predicted octanol–water partition coefficient (Wildman–Crippen LogP) is 2.18. The molecule has 1 aromatic carbocycles. The van der Waals surface area contributed by atoms with Crippen molar-refractivity contribution in [3.8, 4) is 22.8 Å². The van der Waals surface area contributed by atoms with Gasteiger partial charge in [-0.15, -0.1) is 11.3 Å². The monoisotopic (exact) mass is 409 g/mol. The summed E-state index contributed by atoms with van der Waals surface area (Å²) in [7, 11) is -3.12. The van der Waals surface area contributed by atoms with E-state index in [1.807, 2.05) is 23.6 Å². The fraction of sp³-hybridized carbons (Fsp3) is 0.250. The maximum absolute atomic E-state index is 11.4. The molecule has 1 atom stereocenters. The Labute approximate surface area is 160 Å². The summed E-state index contributed by atoms with van der Waals surface area (Å²) in [5.41, 5.74) is 1.71. The molecule has 1 aromatic heterocycles. The van der Waals surface area contributed by atoms with E-state index < -0.39 is 9.84 Å². The second kappa shape index (κ2) is 6.86. The van der Waals surface area contributed by atoms with Crippen LogP contribution in [0, 0.1) is 0 Å². The van der Waals surface area contributed by atoms with Gasteiger partial charge in [0.05, 0.1) is 17.5 Å². The molecule has 2 aliphatic rings. The van der Waals surface area contributed by atoms with Crippen LogP contribution in [0.4, 0.5) is 5.13 Å². The maximum atomic E-state index is 11.4. The highest BCUT2D eigenvalue weighted by Crippen LogP contribution is 2.35. The summed E-state index contributed by atoms with van der Waals surface area (Å²) in [6, 6.07) is 5.38. The lowest BCUT2D eigenvalue weighted by Crippen LogP contribution is -2.38. The molecule has 0 fully saturated rings. The Morgan fingerprint density at radius 3 is 2.85 bits per heavy atom. The molecule has 0 amide bonds. The third kappa shape index (κ3) is 3.81. The van der Waals surface area contributed by atoms with Crippen molar-refractivity contribution in [1.29, 1.82) is 0 Å². The average molecular weight is 410 g/mol. The molecule has 3 heterocycles. The molecule has 136 valence electrons. The molecule has 0 saturated heterocycles. The van der Waals surface area contributed by atoms with E-state index in [9.17, 15) is 8.42 Å². The summed E-state index contributed by atoms with van der Waals surface area (Å²) in [5, 5.41) is 10.0. The number of thiocarbonyl (C=S) groups is 1. The van der Waals surface area contributed by atoms with Gasteiger partial charge in [0.25, 0.3) is 0 Å². The molecule has 4 rings (SSSR count). The van der Waals surface area contributed by atoms with Gasteiger partial charge in [-0.05, 0) is 36.5 Å². The van der Waals surface area contributed by atoms with Crippen LogP contribution >= 0.6 is 23.6 Å². The zero-order chi connectivity index (χ0) is 18.1. The van der Waals surface area contributed by atoms with Crippen molar-refractivity contribution < 1.29 is 17.9 Å². The lowest BCUT2D eigenvalue weighted by molar-refractivity contribution is 0.171. The molecule has 7 nitrogen and oxygen atoms in total. The molecule has 2 N–H and O–H groups in total. The Hall–Kier alpha value is -2.17. The van der Waals surface area contributed by atoms with E-state index in [1.165, 1.54) is 16.7 Å². The van der Waals surface area contributed by atoms with Crippen LogP contribution in [-0.4, -0.2) is 43.5 Å². The molecule has 0 spiro atoms. The Bertz CT molecular complexity index is 984. The SMILES string of the molecule is O=S1(=O)C=C[C@@H](NC(=S)Nc2nc(-c3ccc4c(c3)OCCO4)cs2)C1. The first-order valence-electron chi connectivity index (χ1n) is 7.82. The molecular formula is C16H15N3O4S3. The van der Waals surface area contributed by atoms with Crippen molar-refractivity contribution in [2.45, 2.75) is 6.04 Å². The summed E-state index contributed by atoms with van der Waals surface area (Å²) in [6.07, 6.45) is 1.59. The fourth-order valence-corrected chi connectivity index (χ4v) is 4.91. The van der Waals surface area contributed by atoms with Crippen LogP contribution in [-0.2, 0) is 9.84 Å². The number of nitrogens with zero attached hydrogens (tertiary/aromatic N) is 1. The van der Waals surface area contributed by atoms with Gasteiger partial charge in [-0.1, -0.05) is 0 Å². The van der Waals surface area contributed by atoms with Gasteiger partial charge in [0.2, 0.25) is 0 Å². The molecule has 26 heavy (non-hydrogen) atoms. The number of ether oxygens (including phenoxy) is 2. The van der Waals surface area contributed by atoms with Crippen molar-refractivity contribution in [2.24, 2.45) is 0 Å². The third-order valence-electron chi connectivity index (χ3n) is 3.81. The number of nitrogens with one attached hydrogen (secondary N) is 2. The largest absolute Gasteiger partial charge is 0.486 e. The Kier molecular flexibility index (Phi) is 4.55. The number of fused-ring (bicyclic) bond motifs is 1. The standard InChI is InChI=1S/C16H15N3O4S3/c20-26(21)6-3-11(9-26)17-15(24)19-16-18-12(8-25-16)10-1-2-13-14(7-10)23-5-4-22-13/h1-3,6-8,11H,4-5,9H2,(H2,17,18,19,24)/t11-/m1/s1. The Balaban J connectivity index is 1.42. The first-order valence-corrected chi connectivity index (χ1v) is 10.8. The number of anilines is 1. The van der Waals surface area contributed by atoms with Crippen LogP contribution in [0.3, 0.4) is 0 Å². The van der Waals surface area contributed by atoms with E-state index in [-0.39, 0.29) is 11.8 Å².